The number of alkyl halides is 3. The molecule has 0 amide bonds. The summed E-state index contributed by atoms with van der Waals surface area (Å²) in [7, 11) is 0. The van der Waals surface area contributed by atoms with Gasteiger partial charge in [-0.05, 0) is 63.3 Å². The maximum Gasteiger partial charge on any atom is 0.416 e. The highest BCUT2D eigenvalue weighted by Crippen LogP contribution is 2.35. The predicted molar refractivity (Wildman–Crippen MR) is 117 cm³/mol. The van der Waals surface area contributed by atoms with Crippen LogP contribution in [0.1, 0.15) is 49.4 Å². The van der Waals surface area contributed by atoms with Crippen molar-refractivity contribution in [1.29, 1.82) is 0 Å². The molecule has 0 unspecified atom stereocenters. The van der Waals surface area contributed by atoms with Crippen molar-refractivity contribution in [1.82, 2.24) is 15.3 Å². The van der Waals surface area contributed by atoms with E-state index in [0.29, 0.717) is 12.0 Å². The van der Waals surface area contributed by atoms with Crippen LogP contribution in [0.4, 0.5) is 36.3 Å². The Labute approximate surface area is 180 Å². The molecule has 1 aromatic heterocycles. The third-order valence-electron chi connectivity index (χ3n) is 5.87. The number of aromatic nitrogens is 2. The van der Waals surface area contributed by atoms with Crippen molar-refractivity contribution < 1.29 is 13.2 Å². The second kappa shape index (κ2) is 8.90. The molecule has 0 spiro atoms. The topological polar surface area (TPSA) is 79.1 Å². The Morgan fingerprint density at radius 3 is 2.74 bits per heavy atom. The van der Waals surface area contributed by atoms with E-state index in [1.807, 2.05) is 0 Å². The molecule has 1 fully saturated rings. The average Bonchev–Trinajstić information content (AvgIpc) is 3.19. The number of hydrogen-bond donors (Lipinski definition) is 3. The molecule has 2 heterocycles. The number of nitrogens with zero attached hydrogens (tertiary/aromatic N) is 3. The fourth-order valence-corrected chi connectivity index (χ4v) is 4.38. The van der Waals surface area contributed by atoms with Crippen molar-refractivity contribution in [2.24, 2.45) is 0 Å². The zero-order chi connectivity index (χ0) is 22.0. The van der Waals surface area contributed by atoms with Crippen molar-refractivity contribution in [2.45, 2.75) is 57.7 Å². The van der Waals surface area contributed by atoms with Crippen LogP contribution in [0.5, 0.6) is 0 Å². The number of nitrogen functional groups attached to an aromatic ring is 1. The summed E-state index contributed by atoms with van der Waals surface area (Å²) in [5.41, 5.74) is 7.36. The maximum absolute atomic E-state index is 13.2. The Morgan fingerprint density at radius 1 is 1.16 bits per heavy atom. The molecule has 1 atom stereocenters. The van der Waals surface area contributed by atoms with E-state index < -0.39 is 11.7 Å². The number of halogens is 3. The van der Waals surface area contributed by atoms with E-state index >= 15 is 0 Å². The molecule has 1 aromatic carbocycles. The van der Waals surface area contributed by atoms with Crippen LogP contribution in [0, 0.1) is 0 Å². The average molecular weight is 435 g/mol. The smallest absolute Gasteiger partial charge is 0.399 e. The number of aryl methyl sites for hydroxylation is 1. The summed E-state index contributed by atoms with van der Waals surface area (Å²) in [5, 5.41) is 6.54. The zero-order valence-corrected chi connectivity index (χ0v) is 17.7. The number of rotatable bonds is 6. The van der Waals surface area contributed by atoms with Crippen molar-refractivity contribution in [2.75, 3.05) is 35.6 Å². The molecule has 0 radical (unpaired) electrons. The normalized spacial score (nSPS) is 18.8. The van der Waals surface area contributed by atoms with Crippen LogP contribution < -0.4 is 21.3 Å². The number of nitrogens with two attached hydrogens (primary N) is 1. The van der Waals surface area contributed by atoms with Gasteiger partial charge < -0.3 is 21.3 Å². The molecule has 9 heteroatoms. The molecule has 1 aliphatic carbocycles. The number of nitrogens with one attached hydrogen (secondary N) is 2. The predicted octanol–water partition coefficient (Wildman–Crippen LogP) is 4.28. The van der Waals surface area contributed by atoms with Gasteiger partial charge in [-0.2, -0.15) is 18.2 Å². The molecule has 6 nitrogen and oxygen atoms in total. The lowest BCUT2D eigenvalue weighted by Crippen LogP contribution is -2.33. The fourth-order valence-electron chi connectivity index (χ4n) is 4.38. The van der Waals surface area contributed by atoms with Crippen LogP contribution in [0.15, 0.2) is 18.2 Å². The minimum atomic E-state index is -4.47. The van der Waals surface area contributed by atoms with Crippen molar-refractivity contribution in [3.63, 3.8) is 0 Å². The molecule has 2 aliphatic rings. The summed E-state index contributed by atoms with van der Waals surface area (Å²) < 4.78 is 39.5. The van der Waals surface area contributed by atoms with E-state index in [-0.39, 0.29) is 11.4 Å². The van der Waals surface area contributed by atoms with Crippen LogP contribution in [0.3, 0.4) is 0 Å². The molecule has 1 aliphatic heterocycles. The van der Waals surface area contributed by atoms with Gasteiger partial charge in [0.2, 0.25) is 5.95 Å². The standard InChI is InChI=1S/C22H29F3N6/c1-2-8-27-16-7-9-31(13-16)20-18-5-3-4-6-19(18)29-21(30-20)28-17-11-14(22(23,24)25)10-15(26)12-17/h10-12,16,27H,2-9,13,26H2,1H3,(H,28,29,30)/t16-/m0/s1. The van der Waals surface area contributed by atoms with E-state index in [1.54, 1.807) is 0 Å². The van der Waals surface area contributed by atoms with E-state index in [0.717, 1.165) is 81.8 Å². The van der Waals surface area contributed by atoms with Gasteiger partial charge in [-0.25, -0.2) is 4.98 Å². The van der Waals surface area contributed by atoms with Crippen LogP contribution in [0.2, 0.25) is 0 Å². The van der Waals surface area contributed by atoms with E-state index in [9.17, 15) is 13.2 Å². The highest BCUT2D eigenvalue weighted by Gasteiger charge is 2.31. The largest absolute Gasteiger partial charge is 0.416 e. The highest BCUT2D eigenvalue weighted by atomic mass is 19.4. The third-order valence-corrected chi connectivity index (χ3v) is 5.87. The van der Waals surface area contributed by atoms with Crippen LogP contribution >= 0.6 is 0 Å². The molecule has 168 valence electrons. The van der Waals surface area contributed by atoms with Crippen LogP contribution in [-0.4, -0.2) is 35.6 Å². The SMILES string of the molecule is CCCN[C@H]1CCN(c2nc(Nc3cc(N)cc(C(F)(F)F)c3)nc3c2CCCC3)C1. The summed E-state index contributed by atoms with van der Waals surface area (Å²) in [6.45, 7) is 4.92. The van der Waals surface area contributed by atoms with Gasteiger partial charge >= 0.3 is 6.18 Å². The van der Waals surface area contributed by atoms with E-state index in [2.05, 4.69) is 27.4 Å². The Bertz CT molecular complexity index is 930. The number of hydrogen-bond acceptors (Lipinski definition) is 6. The van der Waals surface area contributed by atoms with Gasteiger partial charge in [0.1, 0.15) is 5.82 Å². The van der Waals surface area contributed by atoms with Gasteiger partial charge in [0.25, 0.3) is 0 Å². The van der Waals surface area contributed by atoms with Gasteiger partial charge in [-0.3, -0.25) is 0 Å². The lowest BCUT2D eigenvalue weighted by molar-refractivity contribution is -0.137. The Balaban J connectivity index is 1.63. The quantitative estimate of drug-likeness (QED) is 0.589. The summed E-state index contributed by atoms with van der Waals surface area (Å²) in [5.74, 6) is 1.23. The van der Waals surface area contributed by atoms with Gasteiger partial charge in [0.05, 0.1) is 11.3 Å². The fraction of sp³-hybridized carbons (Fsp3) is 0.545. The van der Waals surface area contributed by atoms with Crippen molar-refractivity contribution >= 4 is 23.1 Å². The number of anilines is 4. The van der Waals surface area contributed by atoms with Gasteiger partial charge in [-0.1, -0.05) is 6.92 Å². The Morgan fingerprint density at radius 2 is 1.97 bits per heavy atom. The summed E-state index contributed by atoms with van der Waals surface area (Å²) in [4.78, 5) is 11.7. The minimum absolute atomic E-state index is 0.0416. The molecule has 4 N–H and O–H groups in total. The first kappa shape index (κ1) is 21.7. The van der Waals surface area contributed by atoms with Crippen LogP contribution in [0.25, 0.3) is 0 Å². The van der Waals surface area contributed by atoms with Crippen molar-refractivity contribution in [3.8, 4) is 0 Å². The Kier molecular flexibility index (Phi) is 6.22. The van der Waals surface area contributed by atoms with Gasteiger partial charge in [0.15, 0.2) is 0 Å². The van der Waals surface area contributed by atoms with Gasteiger partial charge in [0, 0.05) is 36.1 Å². The lowest BCUT2D eigenvalue weighted by atomic mass is 9.96. The van der Waals surface area contributed by atoms with E-state index in [4.69, 9.17) is 10.7 Å². The molecule has 2 aromatic rings. The lowest BCUT2D eigenvalue weighted by Gasteiger charge is -2.26. The summed E-state index contributed by atoms with van der Waals surface area (Å²) >= 11 is 0. The molecular formula is C22H29F3N6. The second-order valence-corrected chi connectivity index (χ2v) is 8.36. The first-order valence-electron chi connectivity index (χ1n) is 11.0. The first-order valence-corrected chi connectivity index (χ1v) is 11.0. The van der Waals surface area contributed by atoms with Crippen LogP contribution in [-0.2, 0) is 19.0 Å². The highest BCUT2D eigenvalue weighted by molar-refractivity contribution is 5.64. The monoisotopic (exact) mass is 434 g/mol. The zero-order valence-electron chi connectivity index (χ0n) is 17.7. The molecule has 0 bridgehead atoms. The molecule has 31 heavy (non-hydrogen) atoms. The van der Waals surface area contributed by atoms with Gasteiger partial charge in [-0.15, -0.1) is 0 Å². The van der Waals surface area contributed by atoms with Crippen molar-refractivity contribution in [3.05, 3.63) is 35.0 Å². The molecule has 4 rings (SSSR count). The Hall–Kier alpha value is -2.55. The summed E-state index contributed by atoms with van der Waals surface area (Å²) in [6, 6.07) is 3.86. The molecule has 1 saturated heterocycles. The first-order chi connectivity index (χ1) is 14.8. The molecule has 0 saturated carbocycles. The number of benzene rings is 1. The van der Waals surface area contributed by atoms with E-state index in [1.165, 1.54) is 11.6 Å². The second-order valence-electron chi connectivity index (χ2n) is 8.36. The number of fused-ring (bicyclic) bond motifs is 1. The minimum Gasteiger partial charge on any atom is -0.399 e. The maximum atomic E-state index is 13.2. The summed E-state index contributed by atoms with van der Waals surface area (Å²) in [6.07, 6.45) is 1.62. The molecular weight excluding hydrogens is 405 g/mol. The third kappa shape index (κ3) is 5.03.